The average molecular weight is 475 g/mol. The number of nitrogens with zero attached hydrogens (tertiary/aromatic N) is 1. The Bertz CT molecular complexity index is 1020. The number of nitrogens with one attached hydrogen (secondary N) is 1. The third-order valence-corrected chi connectivity index (χ3v) is 5.65. The lowest BCUT2D eigenvalue weighted by atomic mass is 9.95. The number of rotatable bonds is 3. The monoisotopic (exact) mass is 474 g/mol. The molecule has 0 fully saturated rings. The molecule has 8 heteroatoms. The molecule has 0 saturated heterocycles. The Kier molecular flexibility index (Phi) is 5.47. The Labute approximate surface area is 182 Å². The molecule has 0 spiro atoms. The van der Waals surface area contributed by atoms with Crippen LogP contribution in [0.3, 0.4) is 0 Å². The van der Waals surface area contributed by atoms with Crippen molar-refractivity contribution in [3.63, 3.8) is 0 Å². The number of methoxy groups -OCH3 is 1. The smallest absolute Gasteiger partial charge is 0.337 e. The number of carbonyl (C=O) groups excluding carboxylic acids is 1. The van der Waals surface area contributed by atoms with Gasteiger partial charge in [0.1, 0.15) is 13.2 Å². The van der Waals surface area contributed by atoms with Crippen LogP contribution in [0.1, 0.15) is 18.5 Å². The molecule has 2 aliphatic rings. The SMILES string of the molecule is COC(=O)C1=C(C)N(c2ccc3c(c2)OCCO3)C(=S)N[C@@H]1c1cccc(Br)c1. The van der Waals surface area contributed by atoms with Gasteiger partial charge >= 0.3 is 5.97 Å². The van der Waals surface area contributed by atoms with Crippen LogP contribution in [0.25, 0.3) is 0 Å². The van der Waals surface area contributed by atoms with Crippen molar-refractivity contribution in [1.29, 1.82) is 0 Å². The number of carbonyl (C=O) groups is 1. The molecular formula is C21H19BrN2O4S. The number of thiocarbonyl (C=S) groups is 1. The van der Waals surface area contributed by atoms with Gasteiger partial charge in [0.15, 0.2) is 16.6 Å². The van der Waals surface area contributed by atoms with Crippen LogP contribution in [0, 0.1) is 0 Å². The van der Waals surface area contributed by atoms with E-state index in [1.807, 2.05) is 54.3 Å². The van der Waals surface area contributed by atoms with E-state index in [9.17, 15) is 4.79 Å². The first-order valence-corrected chi connectivity index (χ1v) is 10.2. The summed E-state index contributed by atoms with van der Waals surface area (Å²) in [6, 6.07) is 12.9. The van der Waals surface area contributed by atoms with Gasteiger partial charge in [-0.25, -0.2) is 4.79 Å². The van der Waals surface area contributed by atoms with E-state index in [2.05, 4.69) is 21.2 Å². The molecule has 2 aliphatic heterocycles. The Morgan fingerprint density at radius 1 is 1.21 bits per heavy atom. The Hall–Kier alpha value is -2.58. The summed E-state index contributed by atoms with van der Waals surface area (Å²) in [6.45, 7) is 2.88. The molecule has 0 aromatic heterocycles. The molecule has 0 bridgehead atoms. The van der Waals surface area contributed by atoms with Crippen LogP contribution in [0.4, 0.5) is 5.69 Å². The molecule has 6 nitrogen and oxygen atoms in total. The summed E-state index contributed by atoms with van der Waals surface area (Å²) in [6.07, 6.45) is 0. The molecule has 0 radical (unpaired) electrons. The largest absolute Gasteiger partial charge is 0.486 e. The topological polar surface area (TPSA) is 60.0 Å². The minimum absolute atomic E-state index is 0.412. The van der Waals surface area contributed by atoms with Crippen LogP contribution >= 0.6 is 28.1 Å². The maximum absolute atomic E-state index is 12.7. The molecule has 2 aromatic carbocycles. The Morgan fingerprint density at radius 3 is 2.69 bits per heavy atom. The van der Waals surface area contributed by atoms with Crippen LogP contribution < -0.4 is 19.7 Å². The number of anilines is 1. The number of allylic oxidation sites excluding steroid dienone is 1. The minimum atomic E-state index is -0.416. The fourth-order valence-electron chi connectivity index (χ4n) is 3.54. The van der Waals surface area contributed by atoms with Crippen molar-refractivity contribution >= 4 is 44.9 Å². The van der Waals surface area contributed by atoms with E-state index in [1.165, 1.54) is 7.11 Å². The van der Waals surface area contributed by atoms with E-state index in [-0.39, 0.29) is 0 Å². The van der Waals surface area contributed by atoms with Gasteiger partial charge in [0.05, 0.1) is 24.4 Å². The highest BCUT2D eigenvalue weighted by Crippen LogP contribution is 2.39. The van der Waals surface area contributed by atoms with Gasteiger partial charge in [-0.2, -0.15) is 0 Å². The molecule has 1 atom stereocenters. The van der Waals surface area contributed by atoms with Gasteiger partial charge < -0.3 is 19.5 Å². The maximum atomic E-state index is 12.7. The normalized spacial score (nSPS) is 18.4. The van der Waals surface area contributed by atoms with Crippen LogP contribution in [-0.4, -0.2) is 31.4 Å². The van der Waals surface area contributed by atoms with E-state index in [4.69, 9.17) is 26.4 Å². The molecular weight excluding hydrogens is 456 g/mol. The number of benzene rings is 2. The molecule has 0 aliphatic carbocycles. The van der Waals surface area contributed by atoms with Crippen molar-refractivity contribution in [2.75, 3.05) is 25.2 Å². The molecule has 1 N–H and O–H groups in total. The fourth-order valence-corrected chi connectivity index (χ4v) is 4.31. The lowest BCUT2D eigenvalue weighted by Gasteiger charge is -2.37. The van der Waals surface area contributed by atoms with Crippen LogP contribution in [0.2, 0.25) is 0 Å². The summed E-state index contributed by atoms with van der Waals surface area (Å²) in [5, 5.41) is 3.77. The van der Waals surface area contributed by atoms with Crippen LogP contribution in [-0.2, 0) is 9.53 Å². The van der Waals surface area contributed by atoms with Crippen molar-refractivity contribution in [1.82, 2.24) is 5.32 Å². The Balaban J connectivity index is 1.81. The summed E-state index contributed by atoms with van der Waals surface area (Å²) in [4.78, 5) is 14.5. The summed E-state index contributed by atoms with van der Waals surface area (Å²) < 4.78 is 17.3. The molecule has 29 heavy (non-hydrogen) atoms. The van der Waals surface area contributed by atoms with Gasteiger partial charge in [0.25, 0.3) is 0 Å². The summed E-state index contributed by atoms with van der Waals surface area (Å²) in [7, 11) is 1.38. The van der Waals surface area contributed by atoms with Gasteiger partial charge in [0, 0.05) is 16.2 Å². The summed E-state index contributed by atoms with van der Waals surface area (Å²) in [5.41, 5.74) is 2.87. The predicted octanol–water partition coefficient (Wildman–Crippen LogP) is 4.10. The molecule has 2 heterocycles. The molecule has 0 unspecified atom stereocenters. The second-order valence-corrected chi connectivity index (χ2v) is 7.89. The number of halogens is 1. The maximum Gasteiger partial charge on any atom is 0.337 e. The molecule has 0 amide bonds. The number of ether oxygens (including phenoxy) is 3. The van der Waals surface area contributed by atoms with Gasteiger partial charge in [-0.3, -0.25) is 4.90 Å². The predicted molar refractivity (Wildman–Crippen MR) is 117 cm³/mol. The van der Waals surface area contributed by atoms with Crippen molar-refractivity contribution < 1.29 is 19.0 Å². The average Bonchev–Trinajstić information content (AvgIpc) is 2.72. The highest BCUT2D eigenvalue weighted by atomic mass is 79.9. The van der Waals surface area contributed by atoms with E-state index >= 15 is 0 Å². The number of esters is 1. The second-order valence-electron chi connectivity index (χ2n) is 6.59. The summed E-state index contributed by atoms with van der Waals surface area (Å²) in [5.74, 6) is 0.931. The fraction of sp³-hybridized carbons (Fsp3) is 0.238. The van der Waals surface area contributed by atoms with E-state index in [0.717, 1.165) is 15.7 Å². The third kappa shape index (κ3) is 3.70. The van der Waals surface area contributed by atoms with Crippen molar-refractivity contribution in [3.05, 3.63) is 63.8 Å². The molecule has 4 rings (SSSR count). The van der Waals surface area contributed by atoms with Crippen LogP contribution in [0.5, 0.6) is 11.5 Å². The number of hydrogen-bond acceptors (Lipinski definition) is 5. The lowest BCUT2D eigenvalue weighted by molar-refractivity contribution is -0.136. The van der Waals surface area contributed by atoms with Crippen molar-refractivity contribution in [3.8, 4) is 11.5 Å². The highest BCUT2D eigenvalue weighted by molar-refractivity contribution is 9.10. The standard InChI is InChI=1S/C21H19BrN2O4S/c1-12-18(20(25)26-2)19(13-4-3-5-14(22)10-13)23-21(29)24(12)15-6-7-16-17(11-15)28-9-8-27-16/h3-7,10-11,19H,8-9H2,1-2H3,(H,23,29)/t19-/m1/s1. The lowest BCUT2D eigenvalue weighted by Crippen LogP contribution is -2.48. The zero-order valence-corrected chi connectivity index (χ0v) is 18.3. The van der Waals surface area contributed by atoms with Gasteiger partial charge in [0.2, 0.25) is 0 Å². The number of hydrogen-bond donors (Lipinski definition) is 1. The molecule has 2 aromatic rings. The van der Waals surface area contributed by atoms with Gasteiger partial charge in [-0.15, -0.1) is 0 Å². The minimum Gasteiger partial charge on any atom is -0.486 e. The van der Waals surface area contributed by atoms with E-state index in [1.54, 1.807) is 0 Å². The van der Waals surface area contributed by atoms with E-state index in [0.29, 0.717) is 41.1 Å². The zero-order valence-electron chi connectivity index (χ0n) is 15.9. The first-order chi connectivity index (χ1) is 14.0. The summed E-state index contributed by atoms with van der Waals surface area (Å²) >= 11 is 9.16. The quantitative estimate of drug-likeness (QED) is 0.530. The van der Waals surface area contributed by atoms with Crippen molar-refractivity contribution in [2.45, 2.75) is 13.0 Å². The molecule has 0 saturated carbocycles. The van der Waals surface area contributed by atoms with Gasteiger partial charge in [-0.1, -0.05) is 28.1 Å². The Morgan fingerprint density at radius 2 is 1.97 bits per heavy atom. The second kappa shape index (κ2) is 8.04. The first-order valence-electron chi connectivity index (χ1n) is 9.04. The third-order valence-electron chi connectivity index (χ3n) is 4.86. The van der Waals surface area contributed by atoms with Crippen molar-refractivity contribution in [2.24, 2.45) is 0 Å². The zero-order chi connectivity index (χ0) is 20.5. The van der Waals surface area contributed by atoms with E-state index < -0.39 is 12.0 Å². The van der Waals surface area contributed by atoms with Crippen LogP contribution in [0.15, 0.2) is 58.2 Å². The highest BCUT2D eigenvalue weighted by Gasteiger charge is 2.35. The van der Waals surface area contributed by atoms with Gasteiger partial charge in [-0.05, 0) is 49.0 Å². The number of fused-ring (bicyclic) bond motifs is 1. The first kappa shape index (κ1) is 19.7. The molecule has 150 valence electrons.